The highest BCUT2D eigenvalue weighted by Crippen LogP contribution is 2.52. The predicted octanol–water partition coefficient (Wildman–Crippen LogP) is 3.49. The second kappa shape index (κ2) is 7.36. The smallest absolute Gasteiger partial charge is 0.434 e. The minimum absolute atomic E-state index is 0.0541. The molecule has 0 N–H and O–H groups in total. The molecule has 1 aliphatic carbocycles. The maximum Gasteiger partial charge on any atom is 0.513 e. The maximum atomic E-state index is 11.8. The SMILES string of the molecule is O=C(OC[C@H]1[C@H]2CN(Cc3ccccc3)C[C@@H]12)Oc1ccc([N+](=O)[O-])cc1. The van der Waals surface area contributed by atoms with E-state index >= 15 is 0 Å². The lowest BCUT2D eigenvalue weighted by molar-refractivity contribution is -0.384. The quantitative estimate of drug-likeness (QED) is 0.336. The standard InChI is InChI=1S/C20H20N2O5/c23-20(27-16-8-6-15(7-9-16)22(24)25)26-13-19-17-11-21(12-18(17)19)10-14-4-2-1-3-5-14/h1-9,17-19H,10-13H2/t17-,18+,19-. The van der Waals surface area contributed by atoms with Crippen LogP contribution in [0.15, 0.2) is 54.6 Å². The van der Waals surface area contributed by atoms with Gasteiger partial charge in [0.05, 0.1) is 11.5 Å². The Labute approximate surface area is 156 Å². The van der Waals surface area contributed by atoms with Crippen LogP contribution in [0.2, 0.25) is 0 Å². The molecule has 3 atom stereocenters. The molecule has 2 fully saturated rings. The number of carbonyl (C=O) groups is 1. The first kappa shape index (κ1) is 17.5. The van der Waals surface area contributed by atoms with Gasteiger partial charge in [0.25, 0.3) is 5.69 Å². The van der Waals surface area contributed by atoms with Crippen LogP contribution in [0, 0.1) is 27.9 Å². The van der Waals surface area contributed by atoms with E-state index < -0.39 is 11.1 Å². The molecule has 1 aliphatic heterocycles. The Morgan fingerprint density at radius 3 is 2.37 bits per heavy atom. The molecule has 2 aromatic rings. The van der Waals surface area contributed by atoms with Gasteiger partial charge in [0.1, 0.15) is 5.75 Å². The van der Waals surface area contributed by atoms with Crippen molar-refractivity contribution in [1.82, 2.24) is 4.90 Å². The van der Waals surface area contributed by atoms with Gasteiger partial charge in [-0.25, -0.2) is 4.79 Å². The first-order valence-corrected chi connectivity index (χ1v) is 8.95. The number of piperidine rings is 1. The maximum absolute atomic E-state index is 11.8. The monoisotopic (exact) mass is 368 g/mol. The summed E-state index contributed by atoms with van der Waals surface area (Å²) in [6.45, 7) is 3.39. The fraction of sp³-hybridized carbons (Fsp3) is 0.350. The van der Waals surface area contributed by atoms with E-state index in [1.807, 2.05) is 6.07 Å². The Morgan fingerprint density at radius 2 is 1.74 bits per heavy atom. The number of non-ortho nitro benzene ring substituents is 1. The van der Waals surface area contributed by atoms with Crippen LogP contribution in [0.1, 0.15) is 5.56 Å². The van der Waals surface area contributed by atoms with Crippen LogP contribution < -0.4 is 4.74 Å². The highest BCUT2D eigenvalue weighted by atomic mass is 16.7. The summed E-state index contributed by atoms with van der Waals surface area (Å²) < 4.78 is 10.3. The number of ether oxygens (including phenoxy) is 2. The number of benzene rings is 2. The summed E-state index contributed by atoms with van der Waals surface area (Å²) in [5, 5.41) is 10.6. The molecule has 7 nitrogen and oxygen atoms in total. The second-order valence-electron chi connectivity index (χ2n) is 7.09. The number of rotatable bonds is 6. The topological polar surface area (TPSA) is 81.9 Å². The van der Waals surface area contributed by atoms with Gasteiger partial charge in [-0.1, -0.05) is 30.3 Å². The fourth-order valence-corrected chi connectivity index (χ4v) is 3.88. The average molecular weight is 368 g/mol. The van der Waals surface area contributed by atoms with Crippen molar-refractivity contribution in [1.29, 1.82) is 0 Å². The molecular weight excluding hydrogens is 348 g/mol. The molecule has 0 bridgehead atoms. The van der Waals surface area contributed by atoms with Crippen LogP contribution in [0.4, 0.5) is 10.5 Å². The summed E-state index contributed by atoms with van der Waals surface area (Å²) in [7, 11) is 0. The highest BCUT2D eigenvalue weighted by Gasteiger charge is 2.55. The fourth-order valence-electron chi connectivity index (χ4n) is 3.88. The summed E-state index contributed by atoms with van der Waals surface area (Å²) in [4.78, 5) is 24.3. The van der Waals surface area contributed by atoms with E-state index in [9.17, 15) is 14.9 Å². The number of hydrogen-bond donors (Lipinski definition) is 0. The lowest BCUT2D eigenvalue weighted by Crippen LogP contribution is -2.25. The van der Waals surface area contributed by atoms with Gasteiger partial charge in [-0.2, -0.15) is 0 Å². The van der Waals surface area contributed by atoms with Gasteiger partial charge in [-0.15, -0.1) is 0 Å². The van der Waals surface area contributed by atoms with E-state index in [0.29, 0.717) is 24.4 Å². The number of hydrogen-bond acceptors (Lipinski definition) is 6. The molecule has 1 heterocycles. The van der Waals surface area contributed by atoms with Crippen molar-refractivity contribution in [2.45, 2.75) is 6.54 Å². The van der Waals surface area contributed by atoms with Crippen LogP contribution >= 0.6 is 0 Å². The largest absolute Gasteiger partial charge is 0.513 e. The summed E-state index contributed by atoms with van der Waals surface area (Å²) in [5.74, 6) is 1.80. The molecular formula is C20H20N2O5. The van der Waals surface area contributed by atoms with Crippen molar-refractivity contribution in [2.24, 2.45) is 17.8 Å². The van der Waals surface area contributed by atoms with E-state index in [1.54, 1.807) is 0 Å². The van der Waals surface area contributed by atoms with Gasteiger partial charge < -0.3 is 9.47 Å². The van der Waals surface area contributed by atoms with Crippen LogP contribution in [-0.2, 0) is 11.3 Å². The summed E-state index contributed by atoms with van der Waals surface area (Å²) in [6, 6.07) is 15.7. The minimum atomic E-state index is -0.769. The third kappa shape index (κ3) is 4.09. The Hall–Kier alpha value is -2.93. The zero-order valence-electron chi connectivity index (χ0n) is 14.7. The molecule has 0 unspecified atom stereocenters. The van der Waals surface area contributed by atoms with Gasteiger partial charge in [0.15, 0.2) is 0 Å². The molecule has 1 saturated heterocycles. The van der Waals surface area contributed by atoms with Crippen molar-refractivity contribution >= 4 is 11.8 Å². The molecule has 1 saturated carbocycles. The Bertz CT molecular complexity index is 812. The van der Waals surface area contributed by atoms with Crippen LogP contribution in [-0.4, -0.2) is 35.7 Å². The van der Waals surface area contributed by atoms with E-state index in [0.717, 1.165) is 19.6 Å². The third-order valence-electron chi connectivity index (χ3n) is 5.34. The lowest BCUT2D eigenvalue weighted by atomic mass is 10.2. The van der Waals surface area contributed by atoms with Crippen LogP contribution in [0.25, 0.3) is 0 Å². The van der Waals surface area contributed by atoms with Crippen LogP contribution in [0.5, 0.6) is 5.75 Å². The lowest BCUT2D eigenvalue weighted by Gasteiger charge is -2.19. The molecule has 7 heteroatoms. The van der Waals surface area contributed by atoms with Gasteiger partial charge in [0.2, 0.25) is 0 Å². The number of nitro groups is 1. The summed E-state index contributed by atoms with van der Waals surface area (Å²) in [5.41, 5.74) is 1.26. The van der Waals surface area contributed by atoms with Crippen molar-refractivity contribution in [3.63, 3.8) is 0 Å². The summed E-state index contributed by atoms with van der Waals surface area (Å²) in [6.07, 6.45) is -0.769. The predicted molar refractivity (Wildman–Crippen MR) is 97.3 cm³/mol. The number of nitrogens with zero attached hydrogens (tertiary/aromatic N) is 2. The second-order valence-corrected chi connectivity index (χ2v) is 7.09. The van der Waals surface area contributed by atoms with Gasteiger partial charge in [-0.3, -0.25) is 15.0 Å². The van der Waals surface area contributed by atoms with Gasteiger partial charge >= 0.3 is 6.16 Å². The van der Waals surface area contributed by atoms with E-state index in [2.05, 4.69) is 29.2 Å². The molecule has 0 radical (unpaired) electrons. The third-order valence-corrected chi connectivity index (χ3v) is 5.34. The number of nitro benzene ring substituents is 1. The van der Waals surface area contributed by atoms with Crippen molar-refractivity contribution in [3.8, 4) is 5.75 Å². The first-order chi connectivity index (χ1) is 13.1. The van der Waals surface area contributed by atoms with Crippen molar-refractivity contribution < 1.29 is 19.2 Å². The van der Waals surface area contributed by atoms with Gasteiger partial charge in [0, 0.05) is 37.7 Å². The average Bonchev–Trinajstić information content (AvgIpc) is 3.12. The molecule has 2 aromatic carbocycles. The molecule has 0 amide bonds. The minimum Gasteiger partial charge on any atom is -0.434 e. The summed E-state index contributed by atoms with van der Waals surface area (Å²) >= 11 is 0. The highest BCUT2D eigenvalue weighted by molar-refractivity contribution is 5.64. The first-order valence-electron chi connectivity index (χ1n) is 8.95. The number of carbonyl (C=O) groups excluding carboxylic acids is 1. The van der Waals surface area contributed by atoms with E-state index in [1.165, 1.54) is 29.8 Å². The van der Waals surface area contributed by atoms with E-state index in [4.69, 9.17) is 9.47 Å². The molecule has 140 valence electrons. The van der Waals surface area contributed by atoms with Crippen molar-refractivity contribution in [3.05, 3.63) is 70.3 Å². The zero-order chi connectivity index (χ0) is 18.8. The Balaban J connectivity index is 1.18. The van der Waals surface area contributed by atoms with Crippen molar-refractivity contribution in [2.75, 3.05) is 19.7 Å². The van der Waals surface area contributed by atoms with E-state index in [-0.39, 0.29) is 11.4 Å². The number of likely N-dealkylation sites (tertiary alicyclic amines) is 1. The molecule has 27 heavy (non-hydrogen) atoms. The molecule has 2 aliphatic rings. The molecule has 4 rings (SSSR count). The zero-order valence-corrected chi connectivity index (χ0v) is 14.7. The normalized spacial score (nSPS) is 23.5. The van der Waals surface area contributed by atoms with Gasteiger partial charge in [-0.05, 0) is 29.5 Å². The molecule has 0 aromatic heterocycles. The number of fused-ring (bicyclic) bond motifs is 1. The Morgan fingerprint density at radius 1 is 1.07 bits per heavy atom. The van der Waals surface area contributed by atoms with Crippen LogP contribution in [0.3, 0.4) is 0 Å². The molecule has 0 spiro atoms. The Kier molecular flexibility index (Phi) is 4.77.